The van der Waals surface area contributed by atoms with Gasteiger partial charge in [-0.3, -0.25) is 24.5 Å². The normalized spacial score (nSPS) is 14.6. The molecule has 1 aliphatic heterocycles. The van der Waals surface area contributed by atoms with E-state index in [9.17, 15) is 24.5 Å². The molecule has 0 saturated carbocycles. The number of benzene rings is 4. The SMILES string of the molecule is O=C(COC(=O)[C@@H]1CC(=O)N(c2ccc(Oc3ccccc3-c3ccccc3)cc2)C1)c1ccc([N+](=O)[O-])cc1. The summed E-state index contributed by atoms with van der Waals surface area (Å²) in [5.74, 6) is -0.792. The summed E-state index contributed by atoms with van der Waals surface area (Å²) in [6, 6.07) is 29.7. The van der Waals surface area contributed by atoms with Crippen molar-refractivity contribution in [2.24, 2.45) is 5.92 Å². The molecule has 0 bridgehead atoms. The second kappa shape index (κ2) is 11.6. The third-order valence-electron chi connectivity index (χ3n) is 6.55. The fourth-order valence-corrected chi connectivity index (χ4v) is 4.45. The number of ketones is 1. The number of nitrogens with zero attached hydrogens (tertiary/aromatic N) is 2. The van der Waals surface area contributed by atoms with Crippen LogP contribution >= 0.6 is 0 Å². The van der Waals surface area contributed by atoms with E-state index in [4.69, 9.17) is 9.47 Å². The zero-order valence-electron chi connectivity index (χ0n) is 21.3. The van der Waals surface area contributed by atoms with E-state index < -0.39 is 29.2 Å². The molecule has 4 aromatic rings. The molecule has 4 aromatic carbocycles. The van der Waals surface area contributed by atoms with E-state index in [2.05, 4.69) is 0 Å². The molecule has 1 saturated heterocycles. The summed E-state index contributed by atoms with van der Waals surface area (Å²) >= 11 is 0. The van der Waals surface area contributed by atoms with E-state index in [-0.39, 0.29) is 30.1 Å². The van der Waals surface area contributed by atoms with Crippen molar-refractivity contribution in [1.82, 2.24) is 0 Å². The highest BCUT2D eigenvalue weighted by Crippen LogP contribution is 2.34. The predicted molar refractivity (Wildman–Crippen MR) is 147 cm³/mol. The Bertz CT molecular complexity index is 1550. The molecule has 1 amide bonds. The molecule has 0 radical (unpaired) electrons. The van der Waals surface area contributed by atoms with Gasteiger partial charge < -0.3 is 14.4 Å². The number of esters is 1. The van der Waals surface area contributed by atoms with Crippen LogP contribution in [0.2, 0.25) is 0 Å². The lowest BCUT2D eigenvalue weighted by molar-refractivity contribution is -0.384. The number of carbonyl (C=O) groups excluding carboxylic acids is 3. The predicted octanol–water partition coefficient (Wildman–Crippen LogP) is 5.83. The van der Waals surface area contributed by atoms with Crippen LogP contribution in [0.5, 0.6) is 11.5 Å². The standard InChI is InChI=1S/C31H24N2O7/c34-28(22-10-12-25(13-11-22)33(37)38)20-39-31(36)23-18-30(35)32(19-23)24-14-16-26(17-15-24)40-29-9-5-4-8-27(29)21-6-2-1-3-7-21/h1-17,23H,18-20H2/t23-/m1/s1. The van der Waals surface area contributed by atoms with Crippen LogP contribution in [0.25, 0.3) is 11.1 Å². The van der Waals surface area contributed by atoms with Crippen molar-refractivity contribution in [3.05, 3.63) is 119 Å². The maximum Gasteiger partial charge on any atom is 0.311 e. The second-order valence-electron chi connectivity index (χ2n) is 9.20. The number of carbonyl (C=O) groups is 3. The van der Waals surface area contributed by atoms with E-state index in [0.29, 0.717) is 17.2 Å². The van der Waals surface area contributed by atoms with E-state index >= 15 is 0 Å². The first-order valence-corrected chi connectivity index (χ1v) is 12.6. The number of rotatable bonds is 9. The number of hydrogen-bond acceptors (Lipinski definition) is 7. The summed E-state index contributed by atoms with van der Waals surface area (Å²) in [4.78, 5) is 49.3. The number of non-ortho nitro benzene ring substituents is 1. The summed E-state index contributed by atoms with van der Waals surface area (Å²) in [6.07, 6.45) is -0.0345. The molecule has 1 heterocycles. The van der Waals surface area contributed by atoms with Gasteiger partial charge in [-0.25, -0.2) is 0 Å². The summed E-state index contributed by atoms with van der Waals surface area (Å²) in [5, 5.41) is 10.8. The van der Waals surface area contributed by atoms with E-state index in [1.807, 2.05) is 54.6 Å². The molecule has 200 valence electrons. The highest BCUT2D eigenvalue weighted by Gasteiger charge is 2.36. The number of anilines is 1. The number of nitro benzene ring substituents is 1. The minimum atomic E-state index is -0.717. The third-order valence-corrected chi connectivity index (χ3v) is 6.55. The van der Waals surface area contributed by atoms with E-state index in [1.54, 1.807) is 24.3 Å². The van der Waals surface area contributed by atoms with Gasteiger partial charge in [0.2, 0.25) is 5.91 Å². The largest absolute Gasteiger partial charge is 0.457 e. The third kappa shape index (κ3) is 5.88. The minimum Gasteiger partial charge on any atom is -0.457 e. The van der Waals surface area contributed by atoms with Crippen LogP contribution in [0.3, 0.4) is 0 Å². The Kier molecular flexibility index (Phi) is 7.63. The number of nitro groups is 1. The van der Waals surface area contributed by atoms with Crippen molar-refractivity contribution >= 4 is 29.0 Å². The van der Waals surface area contributed by atoms with Crippen LogP contribution in [0.4, 0.5) is 11.4 Å². The van der Waals surface area contributed by atoms with Gasteiger partial charge in [-0.05, 0) is 48.0 Å². The van der Waals surface area contributed by atoms with E-state index in [1.165, 1.54) is 29.2 Å². The maximum absolute atomic E-state index is 12.7. The van der Waals surface area contributed by atoms with Crippen molar-refractivity contribution in [1.29, 1.82) is 0 Å². The Morgan fingerprint density at radius 3 is 2.25 bits per heavy atom. The second-order valence-corrected chi connectivity index (χ2v) is 9.20. The molecule has 1 aliphatic rings. The van der Waals surface area contributed by atoms with Gasteiger partial charge >= 0.3 is 5.97 Å². The van der Waals surface area contributed by atoms with Gasteiger partial charge in [-0.15, -0.1) is 0 Å². The van der Waals surface area contributed by atoms with Crippen LogP contribution in [0.1, 0.15) is 16.8 Å². The molecule has 0 aliphatic carbocycles. The highest BCUT2D eigenvalue weighted by atomic mass is 16.6. The average Bonchev–Trinajstić information content (AvgIpc) is 3.38. The first-order chi connectivity index (χ1) is 19.4. The Labute approximate surface area is 229 Å². The number of hydrogen-bond donors (Lipinski definition) is 0. The first-order valence-electron chi connectivity index (χ1n) is 12.6. The number of ether oxygens (including phenoxy) is 2. The summed E-state index contributed by atoms with van der Waals surface area (Å²) in [7, 11) is 0. The van der Waals surface area contributed by atoms with Gasteiger partial charge in [0, 0.05) is 41.9 Å². The van der Waals surface area contributed by atoms with Crippen LogP contribution in [-0.4, -0.2) is 35.7 Å². The van der Waals surface area contributed by atoms with Crippen molar-refractivity contribution in [3.8, 4) is 22.6 Å². The molecule has 0 spiro atoms. The number of para-hydroxylation sites is 1. The summed E-state index contributed by atoms with van der Waals surface area (Å²) in [5.41, 5.74) is 2.65. The van der Waals surface area contributed by atoms with Gasteiger partial charge in [-0.1, -0.05) is 48.5 Å². The Morgan fingerprint density at radius 1 is 0.875 bits per heavy atom. The molecule has 5 rings (SSSR count). The van der Waals surface area contributed by atoms with Crippen LogP contribution < -0.4 is 9.64 Å². The summed E-state index contributed by atoms with van der Waals surface area (Å²) in [6.45, 7) is -0.391. The Balaban J connectivity index is 1.18. The van der Waals surface area contributed by atoms with Gasteiger partial charge in [-0.2, -0.15) is 0 Å². The molecule has 1 fully saturated rings. The van der Waals surface area contributed by atoms with Crippen LogP contribution in [0.15, 0.2) is 103 Å². The molecule has 0 unspecified atom stereocenters. The lowest BCUT2D eigenvalue weighted by Gasteiger charge is -2.17. The summed E-state index contributed by atoms with van der Waals surface area (Å²) < 4.78 is 11.3. The molecular weight excluding hydrogens is 512 g/mol. The monoisotopic (exact) mass is 536 g/mol. The molecule has 9 heteroatoms. The molecule has 0 aromatic heterocycles. The van der Waals surface area contributed by atoms with Crippen molar-refractivity contribution in [2.75, 3.05) is 18.1 Å². The number of Topliss-reactive ketones (excluding diaryl/α,β-unsaturated/α-hetero) is 1. The Morgan fingerprint density at radius 2 is 1.55 bits per heavy atom. The quantitative estimate of drug-likeness (QED) is 0.114. The van der Waals surface area contributed by atoms with Crippen molar-refractivity contribution in [2.45, 2.75) is 6.42 Å². The van der Waals surface area contributed by atoms with Gasteiger partial charge in [0.25, 0.3) is 5.69 Å². The van der Waals surface area contributed by atoms with E-state index in [0.717, 1.165) is 11.1 Å². The van der Waals surface area contributed by atoms with Gasteiger partial charge in [0.05, 0.1) is 10.8 Å². The molecule has 1 atom stereocenters. The van der Waals surface area contributed by atoms with Gasteiger partial charge in [0.15, 0.2) is 12.4 Å². The minimum absolute atomic E-state index is 0.0345. The molecule has 40 heavy (non-hydrogen) atoms. The molecule has 0 N–H and O–H groups in total. The topological polar surface area (TPSA) is 116 Å². The van der Waals surface area contributed by atoms with Crippen LogP contribution in [0, 0.1) is 16.0 Å². The maximum atomic E-state index is 12.7. The smallest absolute Gasteiger partial charge is 0.311 e. The fraction of sp³-hybridized carbons (Fsp3) is 0.129. The molecular formula is C31H24N2O7. The van der Waals surface area contributed by atoms with Crippen molar-refractivity contribution < 1.29 is 28.8 Å². The first kappa shape index (κ1) is 26.3. The average molecular weight is 537 g/mol. The lowest BCUT2D eigenvalue weighted by Crippen LogP contribution is -2.27. The highest BCUT2D eigenvalue weighted by molar-refractivity contribution is 6.01. The number of amides is 1. The van der Waals surface area contributed by atoms with Crippen molar-refractivity contribution in [3.63, 3.8) is 0 Å². The zero-order chi connectivity index (χ0) is 28.1. The van der Waals surface area contributed by atoms with Crippen LogP contribution in [-0.2, 0) is 14.3 Å². The molecule has 9 nitrogen and oxygen atoms in total. The fourth-order valence-electron chi connectivity index (χ4n) is 4.45. The Hall–Kier alpha value is -5.31. The van der Waals surface area contributed by atoms with Gasteiger partial charge in [0.1, 0.15) is 11.5 Å². The lowest BCUT2D eigenvalue weighted by atomic mass is 10.0. The zero-order valence-corrected chi connectivity index (χ0v) is 21.3.